The Morgan fingerprint density at radius 3 is 2.62 bits per heavy atom. The van der Waals surface area contributed by atoms with Gasteiger partial charge in [0, 0.05) is 23.4 Å². The summed E-state index contributed by atoms with van der Waals surface area (Å²) in [5, 5.41) is 18.0. The number of carbonyl (C=O) groups is 1. The van der Waals surface area contributed by atoms with E-state index >= 15 is 0 Å². The van der Waals surface area contributed by atoms with Gasteiger partial charge < -0.3 is 9.84 Å². The Kier molecular flexibility index (Phi) is 5.65. The Labute approximate surface area is 182 Å². The second-order valence-corrected chi connectivity index (χ2v) is 7.81. The first-order chi connectivity index (χ1) is 15.2. The molecule has 0 aliphatic rings. The summed E-state index contributed by atoms with van der Waals surface area (Å²) in [6, 6.07) is 7.36. The summed E-state index contributed by atoms with van der Waals surface area (Å²) in [5.41, 5.74) is 3.80. The molecule has 1 atom stereocenters. The molecule has 0 bridgehead atoms. The van der Waals surface area contributed by atoms with Gasteiger partial charge in [0.1, 0.15) is 18.2 Å². The molecule has 4 aromatic rings. The number of fused-ring (bicyclic) bond motifs is 1. The van der Waals surface area contributed by atoms with Gasteiger partial charge in [-0.2, -0.15) is 10.2 Å². The number of carboxylic acids is 1. The lowest BCUT2D eigenvalue weighted by Gasteiger charge is -2.11. The number of nitrogens with zero attached hydrogens (tertiary/aromatic N) is 4. The zero-order chi connectivity index (χ0) is 23.0. The number of aliphatic carboxylic acids is 1. The molecule has 1 unspecified atom stereocenters. The molecule has 0 saturated heterocycles. The quantitative estimate of drug-likeness (QED) is 0.461. The molecule has 0 aliphatic heterocycles. The van der Waals surface area contributed by atoms with E-state index in [0.29, 0.717) is 11.6 Å². The van der Waals surface area contributed by atoms with Crippen LogP contribution in [0.25, 0.3) is 16.6 Å². The van der Waals surface area contributed by atoms with E-state index in [1.54, 1.807) is 34.6 Å². The van der Waals surface area contributed by atoms with Gasteiger partial charge in [-0.05, 0) is 37.6 Å². The molecule has 0 spiro atoms. The third-order valence-electron chi connectivity index (χ3n) is 5.25. The highest BCUT2D eigenvalue weighted by atomic mass is 19.1. The summed E-state index contributed by atoms with van der Waals surface area (Å²) in [7, 11) is 0. The van der Waals surface area contributed by atoms with Gasteiger partial charge in [0.15, 0.2) is 0 Å². The Bertz CT molecular complexity index is 1290. The van der Waals surface area contributed by atoms with Gasteiger partial charge in [-0.25, -0.2) is 13.3 Å². The SMILES string of the molecule is Cc1cc(OCc2c(F)cccc2F)n2nc(C)c(-c3cnn(CC(C)C(=O)O)c3)c2c1. The molecule has 0 radical (unpaired) electrons. The highest BCUT2D eigenvalue weighted by Crippen LogP contribution is 2.32. The number of ether oxygens (including phenoxy) is 1. The van der Waals surface area contributed by atoms with Crippen LogP contribution in [0.15, 0.2) is 42.7 Å². The fourth-order valence-electron chi connectivity index (χ4n) is 3.59. The predicted octanol–water partition coefficient (Wildman–Crippen LogP) is 4.39. The number of hydrogen-bond donors (Lipinski definition) is 1. The summed E-state index contributed by atoms with van der Waals surface area (Å²) >= 11 is 0. The minimum atomic E-state index is -0.891. The molecule has 166 valence electrons. The van der Waals surface area contributed by atoms with Crippen molar-refractivity contribution in [3.05, 3.63) is 71.2 Å². The molecule has 0 fully saturated rings. The number of carboxylic acid groups (broad SMARTS) is 1. The van der Waals surface area contributed by atoms with Crippen LogP contribution in [-0.4, -0.2) is 30.5 Å². The number of rotatable bonds is 7. The number of hydrogen-bond acceptors (Lipinski definition) is 4. The van der Waals surface area contributed by atoms with Crippen LogP contribution in [0.4, 0.5) is 8.78 Å². The smallest absolute Gasteiger partial charge is 0.308 e. The fourth-order valence-corrected chi connectivity index (χ4v) is 3.59. The standard InChI is InChI=1S/C23H22F2N4O3/c1-13-7-20-22(16-9-26-28(11-16)10-14(2)23(30)31)15(3)27-29(20)21(8-13)32-12-17-18(24)5-4-6-19(17)25/h4-9,11,14H,10,12H2,1-3H3,(H,30,31). The molecular formula is C23H22F2N4O3. The van der Waals surface area contributed by atoms with Crippen LogP contribution in [0, 0.1) is 31.4 Å². The first-order valence-electron chi connectivity index (χ1n) is 10.1. The van der Waals surface area contributed by atoms with Crippen LogP contribution in [0.5, 0.6) is 5.88 Å². The molecule has 0 saturated carbocycles. The average Bonchev–Trinajstić information content (AvgIpc) is 3.30. The van der Waals surface area contributed by atoms with Crippen LogP contribution >= 0.6 is 0 Å². The zero-order valence-electron chi connectivity index (χ0n) is 17.8. The first kappa shape index (κ1) is 21.5. The van der Waals surface area contributed by atoms with E-state index in [0.717, 1.165) is 22.2 Å². The lowest BCUT2D eigenvalue weighted by atomic mass is 10.1. The summed E-state index contributed by atoms with van der Waals surface area (Å²) in [6.07, 6.45) is 3.44. The Morgan fingerprint density at radius 1 is 1.22 bits per heavy atom. The van der Waals surface area contributed by atoms with Crippen LogP contribution < -0.4 is 4.74 Å². The molecule has 0 aliphatic carbocycles. The second kappa shape index (κ2) is 8.41. The van der Waals surface area contributed by atoms with E-state index in [1.807, 2.05) is 19.9 Å². The highest BCUT2D eigenvalue weighted by Gasteiger charge is 2.19. The molecule has 3 aromatic heterocycles. The van der Waals surface area contributed by atoms with Crippen molar-refractivity contribution in [1.82, 2.24) is 19.4 Å². The van der Waals surface area contributed by atoms with E-state index in [1.165, 1.54) is 18.2 Å². The number of benzene rings is 1. The number of pyridine rings is 1. The van der Waals surface area contributed by atoms with E-state index in [4.69, 9.17) is 9.84 Å². The minimum Gasteiger partial charge on any atom is -0.481 e. The Balaban J connectivity index is 1.70. The van der Waals surface area contributed by atoms with Crippen molar-refractivity contribution >= 4 is 11.5 Å². The topological polar surface area (TPSA) is 81.7 Å². The molecule has 7 nitrogen and oxygen atoms in total. The maximum absolute atomic E-state index is 14.0. The third kappa shape index (κ3) is 4.05. The van der Waals surface area contributed by atoms with Gasteiger partial charge in [0.05, 0.1) is 35.4 Å². The maximum Gasteiger partial charge on any atom is 0.308 e. The van der Waals surface area contributed by atoms with Crippen LogP contribution in [0.1, 0.15) is 23.7 Å². The van der Waals surface area contributed by atoms with Crippen molar-refractivity contribution in [2.45, 2.75) is 33.9 Å². The molecule has 1 aromatic carbocycles. The molecular weight excluding hydrogens is 418 g/mol. The molecule has 32 heavy (non-hydrogen) atoms. The van der Waals surface area contributed by atoms with Crippen molar-refractivity contribution < 1.29 is 23.4 Å². The summed E-state index contributed by atoms with van der Waals surface area (Å²) in [5.74, 6) is -2.46. The van der Waals surface area contributed by atoms with Gasteiger partial charge in [0.2, 0.25) is 5.88 Å². The lowest BCUT2D eigenvalue weighted by molar-refractivity contribution is -0.141. The summed E-state index contributed by atoms with van der Waals surface area (Å²) in [4.78, 5) is 11.1. The number of halogens is 2. The van der Waals surface area contributed by atoms with Crippen LogP contribution in [0.3, 0.4) is 0 Å². The average molecular weight is 440 g/mol. The van der Waals surface area contributed by atoms with E-state index in [9.17, 15) is 13.6 Å². The molecule has 9 heteroatoms. The normalized spacial score (nSPS) is 12.3. The van der Waals surface area contributed by atoms with Gasteiger partial charge in [0.25, 0.3) is 0 Å². The van der Waals surface area contributed by atoms with Crippen molar-refractivity contribution in [2.75, 3.05) is 0 Å². The molecule has 0 amide bonds. The van der Waals surface area contributed by atoms with E-state index < -0.39 is 23.5 Å². The van der Waals surface area contributed by atoms with E-state index in [-0.39, 0.29) is 18.7 Å². The van der Waals surface area contributed by atoms with Crippen LogP contribution in [-0.2, 0) is 17.9 Å². The zero-order valence-corrected chi connectivity index (χ0v) is 17.8. The first-order valence-corrected chi connectivity index (χ1v) is 10.1. The minimum absolute atomic E-state index is 0.153. The van der Waals surface area contributed by atoms with E-state index in [2.05, 4.69) is 10.2 Å². The Hall–Kier alpha value is -3.75. The Morgan fingerprint density at radius 2 is 1.94 bits per heavy atom. The fraction of sp³-hybridized carbons (Fsp3) is 0.261. The van der Waals surface area contributed by atoms with Crippen molar-refractivity contribution in [1.29, 1.82) is 0 Å². The van der Waals surface area contributed by atoms with Gasteiger partial charge in [-0.15, -0.1) is 0 Å². The van der Waals surface area contributed by atoms with Crippen molar-refractivity contribution in [2.24, 2.45) is 5.92 Å². The molecule has 4 rings (SSSR count). The van der Waals surface area contributed by atoms with Crippen molar-refractivity contribution in [3.8, 4) is 17.0 Å². The predicted molar refractivity (Wildman–Crippen MR) is 113 cm³/mol. The second-order valence-electron chi connectivity index (χ2n) is 7.81. The largest absolute Gasteiger partial charge is 0.481 e. The third-order valence-corrected chi connectivity index (χ3v) is 5.25. The maximum atomic E-state index is 14.0. The van der Waals surface area contributed by atoms with Crippen LogP contribution in [0.2, 0.25) is 0 Å². The van der Waals surface area contributed by atoms with Gasteiger partial charge >= 0.3 is 5.97 Å². The highest BCUT2D eigenvalue weighted by molar-refractivity contribution is 5.82. The van der Waals surface area contributed by atoms with Gasteiger partial charge in [-0.1, -0.05) is 13.0 Å². The van der Waals surface area contributed by atoms with Crippen molar-refractivity contribution in [3.63, 3.8) is 0 Å². The monoisotopic (exact) mass is 440 g/mol. The summed E-state index contributed by atoms with van der Waals surface area (Å²) < 4.78 is 36.9. The summed E-state index contributed by atoms with van der Waals surface area (Å²) in [6.45, 7) is 5.32. The number of aryl methyl sites for hydroxylation is 2. The van der Waals surface area contributed by atoms with Gasteiger partial charge in [-0.3, -0.25) is 9.48 Å². The number of aromatic nitrogens is 4. The molecule has 1 N–H and O–H groups in total. The lowest BCUT2D eigenvalue weighted by Crippen LogP contribution is -2.16. The molecule has 3 heterocycles.